The lowest BCUT2D eigenvalue weighted by Crippen LogP contribution is -2.37. The molecule has 4 heterocycles. The molecule has 4 aromatic heterocycles. The Kier molecular flexibility index (Phi) is 6.29. The molecule has 10 heteroatoms. The number of rotatable bonds is 6. The summed E-state index contributed by atoms with van der Waals surface area (Å²) in [6, 6.07) is 15.2. The molecule has 1 aromatic carbocycles. The predicted molar refractivity (Wildman–Crippen MR) is 141 cm³/mol. The van der Waals surface area contributed by atoms with E-state index in [9.17, 15) is 14.4 Å². The molecule has 0 atom stereocenters. The molecule has 0 aliphatic heterocycles. The first kappa shape index (κ1) is 23.6. The highest BCUT2D eigenvalue weighted by Gasteiger charge is 2.12. The third-order valence-corrected chi connectivity index (χ3v) is 5.89. The van der Waals surface area contributed by atoms with Gasteiger partial charge in [-0.15, -0.1) is 0 Å². The molecule has 0 spiro atoms. The van der Waals surface area contributed by atoms with Crippen LogP contribution in [0.15, 0.2) is 89.0 Å². The van der Waals surface area contributed by atoms with E-state index in [0.29, 0.717) is 17.9 Å². The lowest BCUT2D eigenvalue weighted by molar-refractivity contribution is -0.111. The van der Waals surface area contributed by atoms with Crippen molar-refractivity contribution in [2.24, 2.45) is 14.1 Å². The number of fused-ring (bicyclic) bond motifs is 1. The summed E-state index contributed by atoms with van der Waals surface area (Å²) in [7, 11) is 2.94. The Labute approximate surface area is 211 Å². The fourth-order valence-corrected chi connectivity index (χ4v) is 4.02. The van der Waals surface area contributed by atoms with E-state index in [1.54, 1.807) is 18.5 Å². The van der Waals surface area contributed by atoms with Crippen molar-refractivity contribution < 1.29 is 4.79 Å². The standard InChI is InChI=1S/C27H23N7O3/c1-32-25-22(26(36)33(2)27(32)37)13-21(15-29-25)30-23(35)11-10-20-17-34(16-18-7-4-3-5-8-18)31-24(20)19-9-6-12-28-14-19/h3-15,17H,16H2,1-2H3,(H,30,35)/b11-10+. The van der Waals surface area contributed by atoms with Gasteiger partial charge in [-0.25, -0.2) is 9.78 Å². The van der Waals surface area contributed by atoms with Gasteiger partial charge in [0.25, 0.3) is 5.56 Å². The normalized spacial score (nSPS) is 11.3. The molecular formula is C27H23N7O3. The quantitative estimate of drug-likeness (QED) is 0.364. The van der Waals surface area contributed by atoms with E-state index in [4.69, 9.17) is 5.10 Å². The van der Waals surface area contributed by atoms with E-state index >= 15 is 0 Å². The second-order valence-corrected chi connectivity index (χ2v) is 8.48. The third kappa shape index (κ3) is 4.85. The smallest absolute Gasteiger partial charge is 0.321 e. The van der Waals surface area contributed by atoms with Gasteiger partial charge in [-0.2, -0.15) is 5.10 Å². The molecule has 1 amide bonds. The van der Waals surface area contributed by atoms with Crippen LogP contribution in [0.1, 0.15) is 11.1 Å². The summed E-state index contributed by atoms with van der Waals surface area (Å²) < 4.78 is 4.11. The second-order valence-electron chi connectivity index (χ2n) is 8.48. The van der Waals surface area contributed by atoms with Crippen molar-refractivity contribution in [3.05, 3.63) is 111 Å². The highest BCUT2D eigenvalue weighted by Crippen LogP contribution is 2.23. The van der Waals surface area contributed by atoms with E-state index in [1.165, 1.54) is 37.0 Å². The first-order valence-corrected chi connectivity index (χ1v) is 11.5. The second kappa shape index (κ2) is 9.86. The van der Waals surface area contributed by atoms with Gasteiger partial charge in [-0.05, 0) is 29.8 Å². The average molecular weight is 494 g/mol. The van der Waals surface area contributed by atoms with Gasteiger partial charge in [0, 0.05) is 49.9 Å². The fourth-order valence-electron chi connectivity index (χ4n) is 4.02. The van der Waals surface area contributed by atoms with E-state index in [-0.39, 0.29) is 11.0 Å². The zero-order valence-electron chi connectivity index (χ0n) is 20.2. The number of hydrogen-bond acceptors (Lipinski definition) is 6. The Morgan fingerprint density at radius 3 is 2.59 bits per heavy atom. The van der Waals surface area contributed by atoms with Gasteiger partial charge < -0.3 is 5.32 Å². The van der Waals surface area contributed by atoms with Gasteiger partial charge >= 0.3 is 5.69 Å². The van der Waals surface area contributed by atoms with Crippen LogP contribution in [0.25, 0.3) is 28.4 Å². The number of carbonyl (C=O) groups excluding carboxylic acids is 1. The molecule has 0 radical (unpaired) electrons. The van der Waals surface area contributed by atoms with Crippen molar-refractivity contribution in [1.82, 2.24) is 28.9 Å². The van der Waals surface area contributed by atoms with Crippen molar-refractivity contribution in [3.8, 4) is 11.3 Å². The number of aromatic nitrogens is 6. The number of hydrogen-bond donors (Lipinski definition) is 1. The third-order valence-electron chi connectivity index (χ3n) is 5.89. The van der Waals surface area contributed by atoms with Gasteiger partial charge in [0.1, 0.15) is 11.3 Å². The molecule has 184 valence electrons. The van der Waals surface area contributed by atoms with Crippen LogP contribution in [0, 0.1) is 0 Å². The molecular weight excluding hydrogens is 470 g/mol. The molecule has 37 heavy (non-hydrogen) atoms. The minimum atomic E-state index is -0.482. The first-order valence-electron chi connectivity index (χ1n) is 11.5. The molecule has 10 nitrogen and oxygen atoms in total. The highest BCUT2D eigenvalue weighted by atomic mass is 16.2. The molecule has 0 saturated carbocycles. The summed E-state index contributed by atoms with van der Waals surface area (Å²) in [5.74, 6) is -0.407. The zero-order valence-corrected chi connectivity index (χ0v) is 20.2. The van der Waals surface area contributed by atoms with Crippen LogP contribution in [-0.4, -0.2) is 34.8 Å². The van der Waals surface area contributed by atoms with Crippen molar-refractivity contribution in [2.45, 2.75) is 6.54 Å². The first-order chi connectivity index (χ1) is 17.9. The summed E-state index contributed by atoms with van der Waals surface area (Å²) in [5, 5.41) is 7.68. The van der Waals surface area contributed by atoms with Gasteiger partial charge in [0.2, 0.25) is 5.91 Å². The Morgan fingerprint density at radius 2 is 1.84 bits per heavy atom. The summed E-state index contributed by atoms with van der Waals surface area (Å²) >= 11 is 0. The van der Waals surface area contributed by atoms with E-state index in [0.717, 1.165) is 21.3 Å². The monoisotopic (exact) mass is 493 g/mol. The van der Waals surface area contributed by atoms with Crippen LogP contribution in [0.2, 0.25) is 0 Å². The average Bonchev–Trinajstić information content (AvgIpc) is 3.33. The summed E-state index contributed by atoms with van der Waals surface area (Å²) in [6.45, 7) is 0.578. The molecule has 0 bridgehead atoms. The van der Waals surface area contributed by atoms with Gasteiger partial charge in [0.15, 0.2) is 0 Å². The molecule has 5 rings (SSSR count). The van der Waals surface area contributed by atoms with Gasteiger partial charge in [0.05, 0.1) is 23.8 Å². The Morgan fingerprint density at radius 1 is 1.03 bits per heavy atom. The summed E-state index contributed by atoms with van der Waals surface area (Å²) in [5.41, 5.74) is 3.01. The minimum Gasteiger partial charge on any atom is -0.321 e. The maximum Gasteiger partial charge on any atom is 0.332 e. The number of pyridine rings is 2. The van der Waals surface area contributed by atoms with E-state index < -0.39 is 17.2 Å². The SMILES string of the molecule is Cn1c(=O)c2cc(NC(=O)/C=C/c3cn(Cc4ccccc4)nc3-c3cccnc3)cnc2n(C)c1=O. The van der Waals surface area contributed by atoms with Gasteiger partial charge in [-0.3, -0.25) is 28.4 Å². The lowest BCUT2D eigenvalue weighted by atomic mass is 10.1. The zero-order chi connectivity index (χ0) is 25.9. The molecule has 0 unspecified atom stereocenters. The number of amides is 1. The van der Waals surface area contributed by atoms with Crippen molar-refractivity contribution in [3.63, 3.8) is 0 Å². The molecule has 0 aliphatic carbocycles. The topological polar surface area (TPSA) is 117 Å². The van der Waals surface area contributed by atoms with Crippen molar-refractivity contribution in [1.29, 1.82) is 0 Å². The van der Waals surface area contributed by atoms with Crippen LogP contribution < -0.4 is 16.6 Å². The van der Waals surface area contributed by atoms with Crippen molar-refractivity contribution >= 4 is 28.7 Å². The molecule has 5 aromatic rings. The van der Waals surface area contributed by atoms with Gasteiger partial charge in [-0.1, -0.05) is 30.3 Å². The molecule has 0 saturated heterocycles. The molecule has 0 aliphatic rings. The van der Waals surface area contributed by atoms with Crippen LogP contribution >= 0.6 is 0 Å². The number of aryl methyl sites for hydroxylation is 1. The Hall–Kier alpha value is -5.12. The van der Waals surface area contributed by atoms with Crippen molar-refractivity contribution in [2.75, 3.05) is 5.32 Å². The lowest BCUT2D eigenvalue weighted by Gasteiger charge is -2.08. The maximum atomic E-state index is 12.7. The number of anilines is 1. The highest BCUT2D eigenvalue weighted by molar-refractivity contribution is 6.03. The van der Waals surface area contributed by atoms with E-state index in [1.807, 2.05) is 53.3 Å². The largest absolute Gasteiger partial charge is 0.332 e. The minimum absolute atomic E-state index is 0.229. The van der Waals surface area contributed by atoms with Crippen LogP contribution in [0.3, 0.4) is 0 Å². The van der Waals surface area contributed by atoms with Crippen LogP contribution in [0.5, 0.6) is 0 Å². The molecule has 0 fully saturated rings. The van der Waals surface area contributed by atoms with Crippen LogP contribution in [0.4, 0.5) is 5.69 Å². The Balaban J connectivity index is 1.42. The fraction of sp³-hybridized carbons (Fsp3) is 0.111. The van der Waals surface area contributed by atoms with Crippen LogP contribution in [-0.2, 0) is 25.4 Å². The number of carbonyl (C=O) groups is 1. The summed E-state index contributed by atoms with van der Waals surface area (Å²) in [4.78, 5) is 45.8. The number of nitrogens with one attached hydrogen (secondary N) is 1. The Bertz CT molecular complexity index is 1750. The summed E-state index contributed by atoms with van der Waals surface area (Å²) in [6.07, 6.45) is 9.78. The van der Waals surface area contributed by atoms with E-state index in [2.05, 4.69) is 15.3 Å². The number of nitrogens with zero attached hydrogens (tertiary/aromatic N) is 6. The molecule has 1 N–H and O–H groups in total. The predicted octanol–water partition coefficient (Wildman–Crippen LogP) is 2.59. The maximum absolute atomic E-state index is 12.7. The number of benzene rings is 1.